The van der Waals surface area contributed by atoms with Crippen molar-refractivity contribution in [3.63, 3.8) is 0 Å². The molecular formula is C6H9N3O2S. The molecular weight excluding hydrogens is 178 g/mol. The van der Waals surface area contributed by atoms with Gasteiger partial charge in [-0.3, -0.25) is 4.79 Å². The molecule has 0 aromatic carbocycles. The Hall–Kier alpha value is -1.14. The summed E-state index contributed by atoms with van der Waals surface area (Å²) in [6.45, 7) is 0. The van der Waals surface area contributed by atoms with Crippen LogP contribution in [-0.2, 0) is 11.2 Å². The summed E-state index contributed by atoms with van der Waals surface area (Å²) < 4.78 is 0. The van der Waals surface area contributed by atoms with E-state index in [1.165, 1.54) is 11.3 Å². The van der Waals surface area contributed by atoms with E-state index in [4.69, 9.17) is 16.6 Å². The fourth-order valence-electron chi connectivity index (χ4n) is 0.721. The van der Waals surface area contributed by atoms with Crippen molar-refractivity contribution in [1.82, 2.24) is 4.98 Å². The lowest BCUT2D eigenvalue weighted by molar-refractivity contribution is -0.138. The molecule has 5 nitrogen and oxygen atoms in total. The van der Waals surface area contributed by atoms with Gasteiger partial charge in [-0.05, 0) is 0 Å². The van der Waals surface area contributed by atoms with E-state index in [1.54, 1.807) is 6.20 Å². The van der Waals surface area contributed by atoms with Gasteiger partial charge in [0.25, 0.3) is 0 Å². The van der Waals surface area contributed by atoms with Crippen LogP contribution in [0.5, 0.6) is 0 Å². The summed E-state index contributed by atoms with van der Waals surface area (Å²) in [6, 6.07) is -0.871. The van der Waals surface area contributed by atoms with E-state index >= 15 is 0 Å². The number of carboxylic acid groups (broad SMARTS) is 1. The van der Waals surface area contributed by atoms with Crippen LogP contribution in [-0.4, -0.2) is 22.1 Å². The first-order chi connectivity index (χ1) is 5.59. The number of nitrogens with two attached hydrogens (primary N) is 2. The zero-order chi connectivity index (χ0) is 9.14. The van der Waals surface area contributed by atoms with Crippen LogP contribution >= 0.6 is 11.3 Å². The normalized spacial score (nSPS) is 12.8. The number of nitrogens with zero attached hydrogens (tertiary/aromatic N) is 1. The first-order valence-electron chi connectivity index (χ1n) is 3.28. The van der Waals surface area contributed by atoms with Gasteiger partial charge in [0.05, 0.1) is 0 Å². The number of anilines is 1. The first-order valence-corrected chi connectivity index (χ1v) is 4.10. The van der Waals surface area contributed by atoms with Gasteiger partial charge in [0, 0.05) is 17.5 Å². The van der Waals surface area contributed by atoms with Gasteiger partial charge < -0.3 is 16.6 Å². The molecule has 0 aliphatic carbocycles. The second-order valence-corrected chi connectivity index (χ2v) is 3.46. The van der Waals surface area contributed by atoms with Crippen LogP contribution in [0.25, 0.3) is 0 Å². The summed E-state index contributed by atoms with van der Waals surface area (Å²) in [7, 11) is 0. The monoisotopic (exact) mass is 187 g/mol. The van der Waals surface area contributed by atoms with Crippen molar-refractivity contribution >= 4 is 22.4 Å². The first kappa shape index (κ1) is 8.95. The predicted octanol–water partition coefficient (Wildman–Crippen LogP) is -0.320. The van der Waals surface area contributed by atoms with Crippen LogP contribution in [0.15, 0.2) is 6.20 Å². The Bertz CT molecular complexity index is 286. The minimum atomic E-state index is -1.01. The molecule has 0 spiro atoms. The minimum absolute atomic E-state index is 0.282. The highest BCUT2D eigenvalue weighted by molar-refractivity contribution is 7.15. The van der Waals surface area contributed by atoms with Crippen molar-refractivity contribution in [2.45, 2.75) is 12.5 Å². The van der Waals surface area contributed by atoms with Crippen LogP contribution in [0.1, 0.15) is 4.88 Å². The SMILES string of the molecule is Nc1ncc(C[C@H](N)C(=O)O)s1. The van der Waals surface area contributed by atoms with Gasteiger partial charge in [0.15, 0.2) is 5.13 Å². The average Bonchev–Trinajstić information content (AvgIpc) is 2.35. The molecule has 0 aliphatic heterocycles. The van der Waals surface area contributed by atoms with E-state index in [0.717, 1.165) is 4.88 Å². The Morgan fingerprint density at radius 1 is 1.83 bits per heavy atom. The highest BCUT2D eigenvalue weighted by atomic mass is 32.1. The molecule has 0 saturated heterocycles. The van der Waals surface area contributed by atoms with Crippen molar-refractivity contribution in [2.24, 2.45) is 5.73 Å². The standard InChI is InChI=1S/C6H9N3O2S/c7-4(5(10)11)1-3-2-9-6(8)12-3/h2,4H,1,7H2,(H2,8,9)(H,10,11)/t4-/m0/s1. The second-order valence-electron chi connectivity index (χ2n) is 2.31. The van der Waals surface area contributed by atoms with Gasteiger partial charge in [-0.1, -0.05) is 0 Å². The summed E-state index contributed by atoms with van der Waals surface area (Å²) in [6.07, 6.45) is 1.83. The van der Waals surface area contributed by atoms with E-state index in [1.807, 2.05) is 0 Å². The third-order valence-corrected chi connectivity index (χ3v) is 2.16. The van der Waals surface area contributed by atoms with Crippen LogP contribution < -0.4 is 11.5 Å². The lowest BCUT2D eigenvalue weighted by atomic mass is 10.2. The minimum Gasteiger partial charge on any atom is -0.480 e. The largest absolute Gasteiger partial charge is 0.480 e. The number of nitrogen functional groups attached to an aromatic ring is 1. The summed E-state index contributed by atoms with van der Waals surface area (Å²) >= 11 is 1.26. The molecule has 1 aromatic rings. The van der Waals surface area contributed by atoms with Crippen molar-refractivity contribution in [2.75, 3.05) is 5.73 Å². The fourth-order valence-corrected chi connectivity index (χ4v) is 1.46. The third kappa shape index (κ3) is 2.18. The molecule has 1 atom stereocenters. The molecule has 0 aliphatic rings. The summed E-state index contributed by atoms with van der Waals surface area (Å²) in [5.74, 6) is -1.01. The fraction of sp³-hybridized carbons (Fsp3) is 0.333. The third-order valence-electron chi connectivity index (χ3n) is 1.31. The molecule has 1 heterocycles. The highest BCUT2D eigenvalue weighted by Crippen LogP contribution is 2.15. The Morgan fingerprint density at radius 3 is 2.92 bits per heavy atom. The molecule has 0 unspecified atom stereocenters. The van der Waals surface area contributed by atoms with Gasteiger partial charge in [0.2, 0.25) is 0 Å². The zero-order valence-electron chi connectivity index (χ0n) is 6.23. The molecule has 0 fully saturated rings. The Labute approximate surface area is 73.0 Å². The molecule has 5 N–H and O–H groups in total. The molecule has 1 aromatic heterocycles. The maximum Gasteiger partial charge on any atom is 0.320 e. The summed E-state index contributed by atoms with van der Waals surface area (Å²) in [4.78, 5) is 14.9. The Kier molecular flexibility index (Phi) is 2.61. The van der Waals surface area contributed by atoms with Gasteiger partial charge in [-0.2, -0.15) is 0 Å². The van der Waals surface area contributed by atoms with E-state index < -0.39 is 12.0 Å². The molecule has 12 heavy (non-hydrogen) atoms. The summed E-state index contributed by atoms with van der Waals surface area (Å²) in [5.41, 5.74) is 10.6. The lowest BCUT2D eigenvalue weighted by Gasteiger charge is -2.01. The Morgan fingerprint density at radius 2 is 2.50 bits per heavy atom. The number of hydrogen-bond donors (Lipinski definition) is 3. The number of hydrogen-bond acceptors (Lipinski definition) is 5. The lowest BCUT2D eigenvalue weighted by Crippen LogP contribution is -2.31. The van der Waals surface area contributed by atoms with Gasteiger partial charge in [0.1, 0.15) is 6.04 Å². The number of carbonyl (C=O) groups is 1. The number of carboxylic acids is 1. The van der Waals surface area contributed by atoms with Gasteiger partial charge in [-0.15, -0.1) is 11.3 Å². The van der Waals surface area contributed by atoms with E-state index in [9.17, 15) is 4.79 Å². The molecule has 0 bridgehead atoms. The van der Waals surface area contributed by atoms with E-state index in [-0.39, 0.29) is 6.42 Å². The van der Waals surface area contributed by atoms with Crippen LogP contribution in [0, 0.1) is 0 Å². The van der Waals surface area contributed by atoms with E-state index in [2.05, 4.69) is 4.98 Å². The topological polar surface area (TPSA) is 102 Å². The van der Waals surface area contributed by atoms with Crippen LogP contribution in [0.2, 0.25) is 0 Å². The van der Waals surface area contributed by atoms with Crippen LogP contribution in [0.4, 0.5) is 5.13 Å². The van der Waals surface area contributed by atoms with Gasteiger partial charge >= 0.3 is 5.97 Å². The van der Waals surface area contributed by atoms with E-state index in [0.29, 0.717) is 5.13 Å². The molecule has 66 valence electrons. The van der Waals surface area contributed by atoms with Gasteiger partial charge in [-0.25, -0.2) is 4.98 Å². The summed E-state index contributed by atoms with van der Waals surface area (Å²) in [5, 5.41) is 8.91. The van der Waals surface area contributed by atoms with Crippen molar-refractivity contribution in [1.29, 1.82) is 0 Å². The zero-order valence-corrected chi connectivity index (χ0v) is 7.04. The second kappa shape index (κ2) is 3.51. The highest BCUT2D eigenvalue weighted by Gasteiger charge is 2.13. The molecule has 0 amide bonds. The predicted molar refractivity (Wildman–Crippen MR) is 45.8 cm³/mol. The smallest absolute Gasteiger partial charge is 0.320 e. The molecule has 0 radical (unpaired) electrons. The Balaban J connectivity index is 2.58. The number of aromatic nitrogens is 1. The number of thiazole rings is 1. The van der Waals surface area contributed by atoms with Crippen molar-refractivity contribution in [3.8, 4) is 0 Å². The van der Waals surface area contributed by atoms with Crippen molar-refractivity contribution < 1.29 is 9.90 Å². The molecule has 1 rings (SSSR count). The molecule has 0 saturated carbocycles. The van der Waals surface area contributed by atoms with Crippen LogP contribution in [0.3, 0.4) is 0 Å². The quantitative estimate of drug-likeness (QED) is 0.601. The maximum absolute atomic E-state index is 10.3. The number of aliphatic carboxylic acids is 1. The average molecular weight is 187 g/mol. The van der Waals surface area contributed by atoms with Crippen molar-refractivity contribution in [3.05, 3.63) is 11.1 Å². The molecule has 6 heteroatoms. The number of rotatable bonds is 3. The maximum atomic E-state index is 10.3.